The number of quaternary nitrogens is 1. The Morgan fingerprint density at radius 1 is 1.22 bits per heavy atom. The summed E-state index contributed by atoms with van der Waals surface area (Å²) in [4.78, 5) is 13.4. The minimum absolute atomic E-state index is 0.210. The number of morpholine rings is 1. The summed E-state index contributed by atoms with van der Waals surface area (Å²) in [5.41, 5.74) is 2.27. The van der Waals surface area contributed by atoms with Gasteiger partial charge in [-0.15, -0.1) is 0 Å². The molecule has 0 radical (unpaired) electrons. The van der Waals surface area contributed by atoms with Crippen molar-refractivity contribution < 1.29 is 23.9 Å². The Labute approximate surface area is 158 Å². The Morgan fingerprint density at radius 3 is 2.74 bits per heavy atom. The lowest BCUT2D eigenvalue weighted by Gasteiger charge is -2.33. The summed E-state index contributed by atoms with van der Waals surface area (Å²) in [6.45, 7) is 6.78. The summed E-state index contributed by atoms with van der Waals surface area (Å²) in [7, 11) is 0. The van der Waals surface area contributed by atoms with Crippen LogP contribution in [0.2, 0.25) is 0 Å². The van der Waals surface area contributed by atoms with E-state index >= 15 is 0 Å². The number of nitrogens with one attached hydrogen (secondary N) is 1. The van der Waals surface area contributed by atoms with Gasteiger partial charge in [0.1, 0.15) is 55.9 Å². The SMILES string of the molecule is C[C@@H]1C[NH+](C[C@H](O)COc2ccc3c4c(c(=O)oc3c2)CCC4)C[C@H](C)O1. The first-order chi connectivity index (χ1) is 13.0. The molecule has 1 aliphatic carbocycles. The molecule has 2 aromatic rings. The first-order valence-electron chi connectivity index (χ1n) is 9.88. The Bertz CT molecular complexity index is 867. The molecule has 1 unspecified atom stereocenters. The number of fused-ring (bicyclic) bond motifs is 3. The van der Waals surface area contributed by atoms with E-state index in [0.717, 1.165) is 48.9 Å². The second-order valence-corrected chi connectivity index (χ2v) is 7.94. The van der Waals surface area contributed by atoms with Crippen LogP contribution in [0.1, 0.15) is 31.4 Å². The lowest BCUT2D eigenvalue weighted by atomic mass is 10.1. The third kappa shape index (κ3) is 4.03. The van der Waals surface area contributed by atoms with E-state index in [4.69, 9.17) is 13.9 Å². The monoisotopic (exact) mass is 374 g/mol. The molecule has 1 aromatic heterocycles. The molecule has 0 bridgehead atoms. The van der Waals surface area contributed by atoms with Crippen molar-refractivity contribution in [3.05, 3.63) is 39.7 Å². The Hall–Kier alpha value is -1.89. The first kappa shape index (κ1) is 18.5. The highest BCUT2D eigenvalue weighted by Gasteiger charge is 2.27. The maximum absolute atomic E-state index is 12.1. The van der Waals surface area contributed by atoms with Crippen molar-refractivity contribution in [3.8, 4) is 5.75 Å². The second-order valence-electron chi connectivity index (χ2n) is 7.94. The maximum atomic E-state index is 12.1. The van der Waals surface area contributed by atoms with Crippen LogP contribution in [0.5, 0.6) is 5.75 Å². The van der Waals surface area contributed by atoms with Gasteiger partial charge < -0.3 is 23.9 Å². The van der Waals surface area contributed by atoms with Crippen molar-refractivity contribution in [2.45, 2.75) is 51.4 Å². The summed E-state index contributed by atoms with van der Waals surface area (Å²) in [6, 6.07) is 5.61. The van der Waals surface area contributed by atoms with Crippen molar-refractivity contribution in [3.63, 3.8) is 0 Å². The highest BCUT2D eigenvalue weighted by molar-refractivity contribution is 5.83. The van der Waals surface area contributed by atoms with Crippen molar-refractivity contribution in [1.82, 2.24) is 0 Å². The van der Waals surface area contributed by atoms with E-state index in [1.54, 1.807) is 6.07 Å². The molecular formula is C21H28NO5+. The van der Waals surface area contributed by atoms with Gasteiger partial charge in [0.05, 0.1) is 0 Å². The summed E-state index contributed by atoms with van der Waals surface area (Å²) in [5, 5.41) is 11.4. The van der Waals surface area contributed by atoms with E-state index in [0.29, 0.717) is 17.9 Å². The summed E-state index contributed by atoms with van der Waals surface area (Å²) in [5.74, 6) is 0.612. The standard InChI is InChI=1S/C21H27NO5/c1-13-9-22(10-14(2)26-13)11-15(23)12-25-16-6-7-18-17-4-3-5-19(17)21(24)27-20(18)8-16/h6-8,13-15,23H,3-5,9-12H2,1-2H3/p+1/t13-,14+,15-/m0/s1. The minimum Gasteiger partial charge on any atom is -0.491 e. The van der Waals surface area contributed by atoms with Gasteiger partial charge in [0.15, 0.2) is 0 Å². The largest absolute Gasteiger partial charge is 0.491 e. The first-order valence-corrected chi connectivity index (χ1v) is 9.88. The van der Waals surface area contributed by atoms with Crippen LogP contribution in [-0.2, 0) is 17.6 Å². The molecule has 0 saturated carbocycles. The van der Waals surface area contributed by atoms with Crippen molar-refractivity contribution in [2.24, 2.45) is 0 Å². The van der Waals surface area contributed by atoms with Crippen LogP contribution in [-0.4, -0.2) is 49.7 Å². The number of rotatable bonds is 5. The van der Waals surface area contributed by atoms with Crippen LogP contribution >= 0.6 is 0 Å². The maximum Gasteiger partial charge on any atom is 0.339 e. The van der Waals surface area contributed by atoms with Gasteiger partial charge in [-0.05, 0) is 50.8 Å². The number of hydrogen-bond donors (Lipinski definition) is 2. The van der Waals surface area contributed by atoms with E-state index < -0.39 is 6.10 Å². The minimum atomic E-state index is -0.555. The predicted molar refractivity (Wildman–Crippen MR) is 102 cm³/mol. The molecule has 1 aliphatic heterocycles. The fourth-order valence-electron chi connectivity index (χ4n) is 4.49. The predicted octanol–water partition coefficient (Wildman–Crippen LogP) is 0.714. The van der Waals surface area contributed by atoms with Crippen LogP contribution in [0, 0.1) is 0 Å². The van der Waals surface area contributed by atoms with Crippen LogP contribution in [0.3, 0.4) is 0 Å². The number of aliphatic hydroxyl groups excluding tert-OH is 1. The average molecular weight is 374 g/mol. The van der Waals surface area contributed by atoms with Gasteiger partial charge in [-0.2, -0.15) is 0 Å². The average Bonchev–Trinajstić information content (AvgIpc) is 3.09. The van der Waals surface area contributed by atoms with E-state index in [1.165, 1.54) is 4.90 Å². The molecule has 4 atom stereocenters. The lowest BCUT2D eigenvalue weighted by molar-refractivity contribution is -0.918. The molecule has 0 spiro atoms. The number of aryl methyl sites for hydroxylation is 1. The van der Waals surface area contributed by atoms with Crippen molar-refractivity contribution in [2.75, 3.05) is 26.2 Å². The molecule has 2 heterocycles. The van der Waals surface area contributed by atoms with Crippen LogP contribution in [0.25, 0.3) is 11.0 Å². The molecule has 6 nitrogen and oxygen atoms in total. The van der Waals surface area contributed by atoms with Gasteiger partial charge in [0.25, 0.3) is 0 Å². The van der Waals surface area contributed by atoms with Crippen LogP contribution in [0.15, 0.2) is 27.4 Å². The Kier molecular flexibility index (Phi) is 5.21. The zero-order valence-electron chi connectivity index (χ0n) is 16.0. The Balaban J connectivity index is 1.40. The smallest absolute Gasteiger partial charge is 0.339 e. The summed E-state index contributed by atoms with van der Waals surface area (Å²) < 4.78 is 17.0. The molecule has 2 aliphatic rings. The summed E-state index contributed by atoms with van der Waals surface area (Å²) in [6.07, 6.45) is 2.60. The third-order valence-corrected chi connectivity index (χ3v) is 5.53. The molecule has 6 heteroatoms. The molecular weight excluding hydrogens is 346 g/mol. The number of benzene rings is 1. The quantitative estimate of drug-likeness (QED) is 0.755. The zero-order chi connectivity index (χ0) is 19.0. The molecule has 4 rings (SSSR count). The number of aliphatic hydroxyl groups is 1. The molecule has 1 aromatic carbocycles. The highest BCUT2D eigenvalue weighted by atomic mass is 16.5. The van der Waals surface area contributed by atoms with Crippen LogP contribution < -0.4 is 15.3 Å². The van der Waals surface area contributed by atoms with Crippen LogP contribution in [0.4, 0.5) is 0 Å². The molecule has 2 N–H and O–H groups in total. The lowest BCUT2D eigenvalue weighted by Crippen LogP contribution is -3.16. The van der Waals surface area contributed by atoms with Crippen molar-refractivity contribution >= 4 is 11.0 Å². The molecule has 1 fully saturated rings. The Morgan fingerprint density at radius 2 is 1.96 bits per heavy atom. The summed E-state index contributed by atoms with van der Waals surface area (Å²) >= 11 is 0. The van der Waals surface area contributed by atoms with E-state index in [9.17, 15) is 9.90 Å². The zero-order valence-corrected chi connectivity index (χ0v) is 16.0. The highest BCUT2D eigenvalue weighted by Crippen LogP contribution is 2.29. The van der Waals surface area contributed by atoms with Gasteiger partial charge in [-0.25, -0.2) is 4.79 Å². The third-order valence-electron chi connectivity index (χ3n) is 5.53. The van der Waals surface area contributed by atoms with E-state index in [1.807, 2.05) is 12.1 Å². The topological polar surface area (TPSA) is 73.3 Å². The van der Waals surface area contributed by atoms with Crippen molar-refractivity contribution in [1.29, 1.82) is 0 Å². The van der Waals surface area contributed by atoms with E-state index in [2.05, 4.69) is 13.8 Å². The fourth-order valence-corrected chi connectivity index (χ4v) is 4.49. The fraction of sp³-hybridized carbons (Fsp3) is 0.571. The molecule has 146 valence electrons. The number of ether oxygens (including phenoxy) is 2. The van der Waals surface area contributed by atoms with Gasteiger partial charge in [-0.3, -0.25) is 0 Å². The number of hydrogen-bond acceptors (Lipinski definition) is 5. The molecule has 0 amide bonds. The van der Waals surface area contributed by atoms with Gasteiger partial charge >= 0.3 is 5.63 Å². The van der Waals surface area contributed by atoms with Gasteiger partial charge in [-0.1, -0.05) is 0 Å². The second kappa shape index (κ2) is 7.62. The van der Waals surface area contributed by atoms with Gasteiger partial charge in [0, 0.05) is 17.0 Å². The molecule has 27 heavy (non-hydrogen) atoms. The van der Waals surface area contributed by atoms with Gasteiger partial charge in [0.2, 0.25) is 0 Å². The molecule has 1 saturated heterocycles. The van der Waals surface area contributed by atoms with E-state index in [-0.39, 0.29) is 24.4 Å². The normalized spacial score (nSPS) is 26.1.